The molecule has 0 amide bonds. The molecule has 0 bridgehead atoms. The molecular weight excluding hydrogens is 1420 g/mol. The van der Waals surface area contributed by atoms with E-state index in [1.807, 2.05) is 0 Å². The van der Waals surface area contributed by atoms with E-state index >= 15 is 0 Å². The van der Waals surface area contributed by atoms with E-state index in [9.17, 15) is 49.5 Å². The lowest BCUT2D eigenvalue weighted by Gasteiger charge is -2.60. The fourth-order valence-corrected chi connectivity index (χ4v) is 37.1. The fraction of sp³-hybridized carbons (Fsp3) is 0.952. The first-order valence-electron chi connectivity index (χ1n) is 53.5. The first kappa shape index (κ1) is 75.7. The lowest BCUT2D eigenvalue weighted by atomic mass is 9.44. The number of carbonyl (C=O) groups is 5. The van der Waals surface area contributed by atoms with Crippen molar-refractivity contribution in [3.63, 3.8) is 0 Å². The third-order valence-corrected chi connectivity index (χ3v) is 43.3. The van der Waals surface area contributed by atoms with Crippen molar-refractivity contribution >= 4 is 28.9 Å². The minimum absolute atomic E-state index is 0.0139. The lowest BCUT2D eigenvalue weighted by Crippen LogP contribution is -2.54. The van der Waals surface area contributed by atoms with Crippen LogP contribution >= 0.6 is 0 Å². The van der Waals surface area contributed by atoms with E-state index < -0.39 is 53.4 Å². The molecule has 20 fully saturated rings. The number of Topliss-reactive ketones (excluding diaryl/α,β-unsaturated/α-hetero) is 5. The van der Waals surface area contributed by atoms with Gasteiger partial charge >= 0.3 is 0 Å². The second-order valence-electron chi connectivity index (χ2n) is 47.3. The van der Waals surface area contributed by atoms with Crippen molar-refractivity contribution in [3.05, 3.63) is 0 Å². The molecule has 0 saturated heterocycles. The van der Waals surface area contributed by atoms with Crippen LogP contribution in [-0.4, -0.2) is 84.9 Å². The molecule has 40 atom stereocenters. The second kappa shape index (κ2) is 32.0. The zero-order valence-electron chi connectivity index (χ0n) is 84.2. The first-order chi connectivity index (χ1) is 57.4. The highest BCUT2D eigenvalue weighted by atomic mass is 16.3. The predicted octanol–water partition coefficient (Wildman–Crippen LogP) is 23.0. The van der Waals surface area contributed by atoms with E-state index in [0.29, 0.717) is 158 Å². The number of ketones is 5. The van der Waals surface area contributed by atoms with Crippen LogP contribution in [0.2, 0.25) is 0 Å². The predicted molar refractivity (Wildman–Crippen MR) is 460 cm³/mol. The molecule has 0 heterocycles. The minimum Gasteiger partial charge on any atom is -0.393 e. The maximum atomic E-state index is 12.3. The number of aliphatic hydroxyl groups is 5. The van der Waals surface area contributed by atoms with Gasteiger partial charge in [-0.25, -0.2) is 0 Å². The number of fused-ring (bicyclic) bond motifs is 25. The van der Waals surface area contributed by atoms with Gasteiger partial charge in [-0.15, -0.1) is 0 Å². The molecule has 0 spiro atoms. The molecule has 10 nitrogen and oxygen atoms in total. The third kappa shape index (κ3) is 14.3. The van der Waals surface area contributed by atoms with E-state index in [1.165, 1.54) is 25.7 Å². The molecule has 0 aliphatic heterocycles. The zero-order valence-corrected chi connectivity index (χ0v) is 75.2. The van der Waals surface area contributed by atoms with Crippen LogP contribution in [0.15, 0.2) is 0 Å². The monoisotopic (exact) mass is 1600 g/mol. The molecule has 650 valence electrons. The van der Waals surface area contributed by atoms with Crippen LogP contribution in [0, 0.1) is 202 Å². The SMILES string of the molecule is [2H][C@@]1(O)CC[C@@]2(C)[C@H](CC[C@@H]3[C@@H]2CC[C@@]2(C)[C@H]3CC[C@]2([2H])C(C)=O)C1.[2H][C@@]1(O)CC[C@]2(C)[C@H]3CC[C@@]4(C)[C@@H](CC[C@]4([2H])C(C)=O)[C@@H]3CC[C@@]2([2H])C1.[2H][C@@]12CC[C@H]3[C@@H]4CC[C@H](C(C)=O)[C@@]4(C)CC[C@@H]3[C@@]1(C)CC[C@H](O)C2.[2H][C@]12CC[C@H]3[C@@H]4CC[C@H](C(C)=O)[C@@]4(C)CC[C@@H]3[C@@]1(C)CC[C@H](O)C2.[2H][C@]12CC[C@H]3[C@@H]4CC[C@]([2H])(C(C)=O)[C@@]4(C)CC[C@@H]3[C@@]1(C)CC[C@@H](O)C2. The van der Waals surface area contributed by atoms with Crippen LogP contribution in [-0.2, 0) is 24.0 Å². The average molecular weight is 1600 g/mol. The topological polar surface area (TPSA) is 186 Å². The summed E-state index contributed by atoms with van der Waals surface area (Å²) < 4.78 is 79.7. The second-order valence-corrected chi connectivity index (χ2v) is 47.3. The highest BCUT2D eigenvalue weighted by Crippen LogP contribution is 2.74. The Hall–Kier alpha value is -1.85. The Balaban J connectivity index is 0.000000115. The quantitative estimate of drug-likeness (QED) is 0.177. The summed E-state index contributed by atoms with van der Waals surface area (Å²) in [5, 5.41) is 51.0. The molecule has 20 aliphatic rings. The smallest absolute Gasteiger partial charge is 0.133 e. The summed E-state index contributed by atoms with van der Waals surface area (Å²) >= 11 is 0. The molecular formula is C105H170O10. The van der Waals surface area contributed by atoms with Gasteiger partial charge in [0.05, 0.1) is 33.2 Å². The molecule has 20 rings (SSSR count). The van der Waals surface area contributed by atoms with Gasteiger partial charge in [0, 0.05) is 39.1 Å². The Morgan fingerprint density at radius 3 is 0.774 bits per heavy atom. The van der Waals surface area contributed by atoms with Gasteiger partial charge in [0.2, 0.25) is 0 Å². The van der Waals surface area contributed by atoms with E-state index in [0.717, 1.165) is 205 Å². The number of hydrogen-bond acceptors (Lipinski definition) is 10. The molecule has 0 aromatic carbocycles. The number of rotatable bonds is 5. The molecule has 0 aromatic heterocycles. The van der Waals surface area contributed by atoms with Gasteiger partial charge in [-0.1, -0.05) is 69.2 Å². The highest BCUT2D eigenvalue weighted by molar-refractivity contribution is 5.81. The molecule has 5 N–H and O–H groups in total. The highest BCUT2D eigenvalue weighted by Gasteiger charge is 2.68. The Morgan fingerprint density at radius 2 is 0.461 bits per heavy atom. The normalized spacial score (nSPS) is 62.5. The summed E-state index contributed by atoms with van der Waals surface area (Å²) in [5.41, 5.74) is 0.0214. The molecule has 115 heavy (non-hydrogen) atoms. The van der Waals surface area contributed by atoms with Crippen LogP contribution in [0.4, 0.5) is 0 Å². The largest absolute Gasteiger partial charge is 0.393 e. The number of carbonyl (C=O) groups excluding carboxylic acids is 5. The number of aliphatic hydroxyl groups excluding tert-OH is 3. The summed E-state index contributed by atoms with van der Waals surface area (Å²) in [7, 11) is 0. The summed E-state index contributed by atoms with van der Waals surface area (Å²) in [6.45, 7) is 31.5. The zero-order chi connectivity index (χ0) is 90.3. The van der Waals surface area contributed by atoms with Gasteiger partial charge in [0.25, 0.3) is 0 Å². The summed E-state index contributed by atoms with van der Waals surface area (Å²) in [5.74, 6) is 5.80. The van der Waals surface area contributed by atoms with Gasteiger partial charge in [0.15, 0.2) is 0 Å². The first-order valence-corrected chi connectivity index (χ1v) is 49.0. The van der Waals surface area contributed by atoms with Crippen LogP contribution < -0.4 is 0 Å². The number of hydrogen-bond donors (Lipinski definition) is 5. The summed E-state index contributed by atoms with van der Waals surface area (Å²) in [4.78, 5) is 61.3. The van der Waals surface area contributed by atoms with Crippen LogP contribution in [0.25, 0.3) is 0 Å². The molecule has 0 aromatic rings. The van der Waals surface area contributed by atoms with Gasteiger partial charge in [-0.05, 0) is 496 Å². The molecule has 10 heteroatoms. The van der Waals surface area contributed by atoms with Crippen molar-refractivity contribution in [2.75, 3.05) is 0 Å². The maximum absolute atomic E-state index is 12.3. The Morgan fingerprint density at radius 1 is 0.226 bits per heavy atom. The van der Waals surface area contributed by atoms with Gasteiger partial charge in [-0.2, -0.15) is 0 Å². The Kier molecular flexibility index (Phi) is 21.0. The standard InChI is InChI=1S/5C21H34O2/c5*1-13(22)17-6-7-18-16-5-4-14-12-15(23)8-10-20(14,2)19(16)9-11-21(17,18)3/h5*14-19,23H,4-12H2,1-3H3/t14-,15+,16+,17-,18+,19+,20+,21-;14-,15+,16-,17+,18-,19-,20-,21+;2*14-,15-,16+,17-,18+,19+,20+,21-;14-,15-,16-,17+,18-,19-,20-,21+/m10110/s1/i14D;14D,15D,17D;15D,17D;14D,17D;14D. The van der Waals surface area contributed by atoms with Crippen molar-refractivity contribution < 1.29 is 61.8 Å². The van der Waals surface area contributed by atoms with Crippen LogP contribution in [0.1, 0.15) is 405 Å². The average Bonchev–Trinajstić information content (AvgIpc) is 1.41. The summed E-state index contributed by atoms with van der Waals surface area (Å²) in [6.07, 6.45) is 38.2. The minimum atomic E-state index is -1.45. The van der Waals surface area contributed by atoms with Gasteiger partial charge < -0.3 is 25.5 Å². The van der Waals surface area contributed by atoms with Crippen molar-refractivity contribution in [3.8, 4) is 0 Å². The van der Waals surface area contributed by atoms with Crippen molar-refractivity contribution in [1.29, 1.82) is 0 Å². The van der Waals surface area contributed by atoms with E-state index in [-0.39, 0.29) is 108 Å². The molecule has 0 unspecified atom stereocenters. The van der Waals surface area contributed by atoms with Crippen molar-refractivity contribution in [2.45, 2.75) is 423 Å². The van der Waals surface area contributed by atoms with Gasteiger partial charge in [-0.3, -0.25) is 24.0 Å². The van der Waals surface area contributed by atoms with Crippen LogP contribution in [0.3, 0.4) is 0 Å². The van der Waals surface area contributed by atoms with Crippen molar-refractivity contribution in [2.24, 2.45) is 202 Å². The molecule has 20 saturated carbocycles. The van der Waals surface area contributed by atoms with Crippen LogP contribution in [0.5, 0.6) is 0 Å². The Bertz CT molecular complexity index is 3990. The van der Waals surface area contributed by atoms with Crippen molar-refractivity contribution in [1.82, 2.24) is 0 Å². The molecule has 20 aliphatic carbocycles. The van der Waals surface area contributed by atoms with E-state index in [4.69, 9.17) is 12.3 Å². The summed E-state index contributed by atoms with van der Waals surface area (Å²) in [6, 6.07) is 0. The third-order valence-electron chi connectivity index (χ3n) is 43.3. The van der Waals surface area contributed by atoms with E-state index in [2.05, 4.69) is 69.2 Å². The van der Waals surface area contributed by atoms with E-state index in [1.54, 1.807) is 34.6 Å². The Labute approximate surface area is 712 Å². The maximum Gasteiger partial charge on any atom is 0.133 e. The fourth-order valence-electron chi connectivity index (χ4n) is 37.1. The van der Waals surface area contributed by atoms with Gasteiger partial charge in [0.1, 0.15) is 28.9 Å². The molecule has 0 radical (unpaired) electrons. The lowest BCUT2D eigenvalue weighted by molar-refractivity contribution is -0.138.